The zero-order valence-electron chi connectivity index (χ0n) is 31.0. The Morgan fingerprint density at radius 1 is 0.591 bits per heavy atom. The van der Waals surface area contributed by atoms with Crippen LogP contribution < -0.4 is 0 Å². The largest absolute Gasteiger partial charge is 0.393 e. The number of Topliss-reactive ketones (excluding diaryl/α,β-unsaturated/α-hetero) is 3. The van der Waals surface area contributed by atoms with Gasteiger partial charge in [0.15, 0.2) is 5.78 Å². The molecule has 4 saturated carbocycles. The van der Waals surface area contributed by atoms with Gasteiger partial charge < -0.3 is 5.11 Å². The lowest BCUT2D eigenvalue weighted by atomic mass is 9.75. The van der Waals surface area contributed by atoms with E-state index >= 15 is 0 Å². The molecule has 0 aromatic rings. The molecule has 4 aliphatic carbocycles. The van der Waals surface area contributed by atoms with E-state index < -0.39 is 0 Å². The predicted molar refractivity (Wildman–Crippen MR) is 186 cm³/mol. The van der Waals surface area contributed by atoms with Crippen molar-refractivity contribution in [1.29, 1.82) is 0 Å². The van der Waals surface area contributed by atoms with Gasteiger partial charge in [-0.05, 0) is 118 Å². The van der Waals surface area contributed by atoms with Crippen molar-refractivity contribution in [2.75, 3.05) is 0 Å². The summed E-state index contributed by atoms with van der Waals surface area (Å²) < 4.78 is 0. The standard InChI is InChI=1S/C10H20O.2C10H18O.C10H16O/c4*1-7(2)9-5-4-8(3)6-10(9)11/h7-11H,4-6H2,1-3H3;2*7-9H,4-6H2,1-3H3;8H,4-6H2,1-3H3/t8-,9+,10-;8-,9+;8-,9-;8-/m1111/s1. The monoisotopic (exact) mass is 617 g/mol. The Balaban J connectivity index is 0.000000293. The van der Waals surface area contributed by atoms with Crippen LogP contribution in [0, 0.1) is 59.2 Å². The lowest BCUT2D eigenvalue weighted by Gasteiger charge is -2.33. The number of allylic oxidation sites excluding steroid dienone is 2. The van der Waals surface area contributed by atoms with Gasteiger partial charge in [-0.1, -0.05) is 81.2 Å². The highest BCUT2D eigenvalue weighted by atomic mass is 16.3. The average Bonchev–Trinajstić information content (AvgIpc) is 2.89. The van der Waals surface area contributed by atoms with Crippen molar-refractivity contribution in [3.05, 3.63) is 11.1 Å². The number of carbonyl (C=O) groups excluding carboxylic acids is 3. The second-order valence-corrected chi connectivity index (χ2v) is 16.6. The highest BCUT2D eigenvalue weighted by Crippen LogP contribution is 2.33. The van der Waals surface area contributed by atoms with Crippen LogP contribution >= 0.6 is 0 Å². The summed E-state index contributed by atoms with van der Waals surface area (Å²) in [6.07, 6.45) is 12.8. The molecular weight excluding hydrogens is 544 g/mol. The molecule has 0 amide bonds. The molecule has 4 heteroatoms. The van der Waals surface area contributed by atoms with Crippen molar-refractivity contribution >= 4 is 17.3 Å². The summed E-state index contributed by atoms with van der Waals surface area (Å²) in [6, 6.07) is 0. The van der Waals surface area contributed by atoms with E-state index in [4.69, 9.17) is 0 Å². The summed E-state index contributed by atoms with van der Waals surface area (Å²) in [6.45, 7) is 25.8. The van der Waals surface area contributed by atoms with Gasteiger partial charge in [-0.15, -0.1) is 0 Å². The van der Waals surface area contributed by atoms with E-state index in [1.54, 1.807) is 0 Å². The maximum Gasteiger partial charge on any atom is 0.159 e. The van der Waals surface area contributed by atoms with E-state index in [2.05, 4.69) is 69.2 Å². The molecular formula is C40H72O4. The van der Waals surface area contributed by atoms with E-state index in [-0.39, 0.29) is 6.10 Å². The Labute approximate surface area is 273 Å². The third-order valence-electron chi connectivity index (χ3n) is 10.8. The Morgan fingerprint density at radius 3 is 1.36 bits per heavy atom. The van der Waals surface area contributed by atoms with Crippen molar-refractivity contribution in [2.45, 2.75) is 166 Å². The topological polar surface area (TPSA) is 71.4 Å². The molecule has 44 heavy (non-hydrogen) atoms. The highest BCUT2D eigenvalue weighted by Gasteiger charge is 2.30. The third kappa shape index (κ3) is 14.4. The summed E-state index contributed by atoms with van der Waals surface area (Å²) in [5.41, 5.74) is 2.30. The molecule has 0 unspecified atom stereocenters. The van der Waals surface area contributed by atoms with Crippen molar-refractivity contribution in [3.8, 4) is 0 Å². The lowest BCUT2D eigenvalue weighted by molar-refractivity contribution is -0.128. The summed E-state index contributed by atoms with van der Waals surface area (Å²) in [5.74, 6) is 7.04. The SMILES string of the molecule is CC(C)=C1CC[C@@H](C)CC1=O.CC(C)[C@@H]1CC[C@@H](C)CC1=O.CC(C)[C@@H]1CC[C@@H](C)C[C@H]1O.CC(C)[C@H]1CC[C@@H](C)CC1=O. The fraction of sp³-hybridized carbons (Fsp3) is 0.875. The van der Waals surface area contributed by atoms with E-state index in [9.17, 15) is 19.5 Å². The molecule has 4 aliphatic rings. The van der Waals surface area contributed by atoms with E-state index in [0.29, 0.717) is 70.6 Å². The van der Waals surface area contributed by atoms with Crippen LogP contribution in [0.3, 0.4) is 0 Å². The smallest absolute Gasteiger partial charge is 0.159 e. The number of rotatable bonds is 3. The molecule has 0 saturated heterocycles. The minimum absolute atomic E-state index is 0.0289. The Morgan fingerprint density at radius 2 is 1.02 bits per heavy atom. The zero-order valence-corrected chi connectivity index (χ0v) is 31.0. The number of carbonyl (C=O) groups is 3. The summed E-state index contributed by atoms with van der Waals surface area (Å²) >= 11 is 0. The highest BCUT2D eigenvalue weighted by molar-refractivity contribution is 5.96. The molecule has 1 N–H and O–H groups in total. The minimum atomic E-state index is -0.0289. The molecule has 0 radical (unpaired) electrons. The molecule has 4 nitrogen and oxygen atoms in total. The fourth-order valence-corrected chi connectivity index (χ4v) is 7.61. The van der Waals surface area contributed by atoms with Gasteiger partial charge in [0.2, 0.25) is 0 Å². The summed E-state index contributed by atoms with van der Waals surface area (Å²) in [5, 5.41) is 9.71. The number of aliphatic hydroxyl groups excluding tert-OH is 1. The van der Waals surface area contributed by atoms with Crippen molar-refractivity contribution in [3.63, 3.8) is 0 Å². The molecule has 0 aromatic heterocycles. The number of hydrogen-bond acceptors (Lipinski definition) is 4. The van der Waals surface area contributed by atoms with E-state index in [1.165, 1.54) is 37.7 Å². The Kier molecular flexibility index (Phi) is 18.6. The van der Waals surface area contributed by atoms with Crippen LogP contribution in [0.5, 0.6) is 0 Å². The van der Waals surface area contributed by atoms with Gasteiger partial charge in [-0.3, -0.25) is 14.4 Å². The fourth-order valence-electron chi connectivity index (χ4n) is 7.61. The summed E-state index contributed by atoms with van der Waals surface area (Å²) in [7, 11) is 0. The summed E-state index contributed by atoms with van der Waals surface area (Å²) in [4.78, 5) is 34.3. The van der Waals surface area contributed by atoms with Gasteiger partial charge in [0.05, 0.1) is 6.10 Å². The van der Waals surface area contributed by atoms with Crippen molar-refractivity contribution in [1.82, 2.24) is 0 Å². The first-order chi connectivity index (χ1) is 20.4. The Bertz CT molecular complexity index is 872. The first kappa shape index (κ1) is 40.7. The van der Waals surface area contributed by atoms with Gasteiger partial charge in [-0.25, -0.2) is 0 Å². The minimum Gasteiger partial charge on any atom is -0.393 e. The van der Waals surface area contributed by atoms with Crippen LogP contribution in [0.4, 0.5) is 0 Å². The number of hydrogen-bond donors (Lipinski definition) is 1. The molecule has 0 bridgehead atoms. The Hall–Kier alpha value is -1.29. The average molecular weight is 617 g/mol. The quantitative estimate of drug-likeness (QED) is 0.320. The zero-order chi connectivity index (χ0) is 33.7. The van der Waals surface area contributed by atoms with Gasteiger partial charge >= 0.3 is 0 Å². The van der Waals surface area contributed by atoms with Gasteiger partial charge in [0.25, 0.3) is 0 Å². The maximum absolute atomic E-state index is 11.4. The van der Waals surface area contributed by atoms with Crippen LogP contribution in [-0.2, 0) is 14.4 Å². The second kappa shape index (κ2) is 20.1. The molecule has 8 atom stereocenters. The second-order valence-electron chi connectivity index (χ2n) is 16.6. The maximum atomic E-state index is 11.4. The molecule has 4 rings (SSSR count). The van der Waals surface area contributed by atoms with Crippen molar-refractivity contribution in [2.24, 2.45) is 59.2 Å². The normalized spacial score (nSPS) is 32.7. The van der Waals surface area contributed by atoms with Crippen LogP contribution in [0.2, 0.25) is 0 Å². The first-order valence-corrected chi connectivity index (χ1v) is 18.4. The molecule has 0 aliphatic heterocycles. The van der Waals surface area contributed by atoms with E-state index in [1.807, 2.05) is 13.8 Å². The molecule has 4 fully saturated rings. The number of aliphatic hydroxyl groups is 1. The number of ketones is 3. The van der Waals surface area contributed by atoms with Crippen LogP contribution in [0.15, 0.2) is 11.1 Å². The van der Waals surface area contributed by atoms with Crippen LogP contribution in [0.1, 0.15) is 160 Å². The van der Waals surface area contributed by atoms with E-state index in [0.717, 1.165) is 56.4 Å². The predicted octanol–water partition coefficient (Wildman–Crippen LogP) is 10.4. The van der Waals surface area contributed by atoms with Gasteiger partial charge in [-0.2, -0.15) is 0 Å². The lowest BCUT2D eigenvalue weighted by Crippen LogP contribution is -2.31. The van der Waals surface area contributed by atoms with Crippen LogP contribution in [0.25, 0.3) is 0 Å². The molecule has 256 valence electrons. The molecule has 0 aromatic carbocycles. The molecule has 0 spiro atoms. The van der Waals surface area contributed by atoms with Gasteiger partial charge in [0, 0.05) is 31.1 Å². The third-order valence-corrected chi connectivity index (χ3v) is 10.8. The molecule has 0 heterocycles. The van der Waals surface area contributed by atoms with Crippen LogP contribution in [-0.4, -0.2) is 28.6 Å². The van der Waals surface area contributed by atoms with Crippen molar-refractivity contribution < 1.29 is 19.5 Å². The van der Waals surface area contributed by atoms with Gasteiger partial charge in [0.1, 0.15) is 11.6 Å². The first-order valence-electron chi connectivity index (χ1n) is 18.4.